The molecule has 0 bridgehead atoms. The molecule has 0 amide bonds. The van der Waals surface area contributed by atoms with Gasteiger partial charge in [0.15, 0.2) is 0 Å². The second-order valence-corrected chi connectivity index (χ2v) is 4.23. The van der Waals surface area contributed by atoms with Crippen molar-refractivity contribution < 1.29 is 0 Å². The van der Waals surface area contributed by atoms with Crippen molar-refractivity contribution >= 4 is 0 Å². The summed E-state index contributed by atoms with van der Waals surface area (Å²) < 4.78 is 0. The molecule has 1 fully saturated rings. The zero-order valence-electron chi connectivity index (χ0n) is 9.00. The Bertz CT molecular complexity index is 287. The van der Waals surface area contributed by atoms with E-state index in [1.807, 2.05) is 6.20 Å². The minimum absolute atomic E-state index is 0.799. The molecule has 0 radical (unpaired) electrons. The normalized spacial score (nSPS) is 18.4. The molecule has 1 aromatic rings. The molecule has 1 aromatic heterocycles. The Kier molecular flexibility index (Phi) is 3.18. The van der Waals surface area contributed by atoms with E-state index in [0.29, 0.717) is 0 Å². The largest absolute Gasteiger partial charge is 0.261 e. The summed E-state index contributed by atoms with van der Waals surface area (Å²) in [6, 6.07) is 4.37. The van der Waals surface area contributed by atoms with Crippen LogP contribution in [0.2, 0.25) is 0 Å². The molecule has 2 rings (SSSR count). The summed E-state index contributed by atoms with van der Waals surface area (Å²) in [5, 5.41) is 0. The highest BCUT2D eigenvalue weighted by Crippen LogP contribution is 2.33. The second-order valence-electron chi connectivity index (χ2n) is 4.23. The Morgan fingerprint density at radius 3 is 2.79 bits per heavy atom. The van der Waals surface area contributed by atoms with Gasteiger partial charge in [-0.3, -0.25) is 4.98 Å². The van der Waals surface area contributed by atoms with Crippen molar-refractivity contribution in [1.82, 2.24) is 4.98 Å². The lowest BCUT2D eigenvalue weighted by Gasteiger charge is -2.23. The highest BCUT2D eigenvalue weighted by atomic mass is 14.7. The van der Waals surface area contributed by atoms with E-state index in [4.69, 9.17) is 0 Å². The highest BCUT2D eigenvalue weighted by Gasteiger charge is 2.17. The van der Waals surface area contributed by atoms with Crippen LogP contribution in [-0.4, -0.2) is 4.98 Å². The topological polar surface area (TPSA) is 12.9 Å². The second kappa shape index (κ2) is 4.59. The van der Waals surface area contributed by atoms with Gasteiger partial charge >= 0.3 is 0 Å². The van der Waals surface area contributed by atoms with Crippen LogP contribution >= 0.6 is 0 Å². The third-order valence-electron chi connectivity index (χ3n) is 3.31. The predicted octanol–water partition coefficient (Wildman–Crippen LogP) is 3.69. The third-order valence-corrected chi connectivity index (χ3v) is 3.31. The molecule has 14 heavy (non-hydrogen) atoms. The molecule has 0 saturated heterocycles. The van der Waals surface area contributed by atoms with Gasteiger partial charge in [0, 0.05) is 11.9 Å². The van der Waals surface area contributed by atoms with Gasteiger partial charge < -0.3 is 0 Å². The summed E-state index contributed by atoms with van der Waals surface area (Å²) in [5.41, 5.74) is 2.84. The van der Waals surface area contributed by atoms with E-state index in [1.165, 1.54) is 43.4 Å². The van der Waals surface area contributed by atoms with Gasteiger partial charge in [-0.2, -0.15) is 0 Å². The van der Waals surface area contributed by atoms with E-state index in [-0.39, 0.29) is 0 Å². The van der Waals surface area contributed by atoms with Crippen molar-refractivity contribution in [1.29, 1.82) is 0 Å². The van der Waals surface area contributed by atoms with Gasteiger partial charge in [-0.25, -0.2) is 0 Å². The monoisotopic (exact) mass is 189 g/mol. The maximum absolute atomic E-state index is 4.47. The summed E-state index contributed by atoms with van der Waals surface area (Å²) >= 11 is 0. The number of rotatable bonds is 2. The Labute approximate surface area is 86.6 Å². The standard InChI is InChI=1S/C13H19N/c1-2-13-12(9-6-10-14-13)11-7-4-3-5-8-11/h6,9-11H,2-5,7-8H2,1H3. The van der Waals surface area contributed by atoms with Gasteiger partial charge in [0.25, 0.3) is 0 Å². The van der Waals surface area contributed by atoms with Crippen molar-refractivity contribution in [2.45, 2.75) is 51.4 Å². The fourth-order valence-electron chi connectivity index (χ4n) is 2.53. The summed E-state index contributed by atoms with van der Waals surface area (Å²) in [7, 11) is 0. The number of pyridine rings is 1. The molecule has 0 atom stereocenters. The Morgan fingerprint density at radius 2 is 2.07 bits per heavy atom. The number of nitrogens with zero attached hydrogens (tertiary/aromatic N) is 1. The Hall–Kier alpha value is -0.850. The smallest absolute Gasteiger partial charge is 0.0435 e. The molecule has 1 heterocycles. The Morgan fingerprint density at radius 1 is 1.29 bits per heavy atom. The van der Waals surface area contributed by atoms with Crippen molar-refractivity contribution in [2.75, 3.05) is 0 Å². The number of aromatic nitrogens is 1. The number of hydrogen-bond donors (Lipinski definition) is 0. The molecule has 0 spiro atoms. The zero-order valence-corrected chi connectivity index (χ0v) is 9.00. The summed E-state index contributed by atoms with van der Waals surface area (Å²) in [6.45, 7) is 2.20. The molecule has 1 aliphatic carbocycles. The average Bonchev–Trinajstić information content (AvgIpc) is 2.30. The van der Waals surface area contributed by atoms with Crippen molar-refractivity contribution in [2.24, 2.45) is 0 Å². The molecule has 76 valence electrons. The van der Waals surface area contributed by atoms with E-state index in [9.17, 15) is 0 Å². The third kappa shape index (κ3) is 1.97. The predicted molar refractivity (Wildman–Crippen MR) is 59.4 cm³/mol. The van der Waals surface area contributed by atoms with E-state index in [1.54, 1.807) is 0 Å². The first-order valence-corrected chi connectivity index (χ1v) is 5.85. The van der Waals surface area contributed by atoms with Gasteiger partial charge in [0.05, 0.1) is 0 Å². The quantitative estimate of drug-likeness (QED) is 0.691. The van der Waals surface area contributed by atoms with Crippen LogP contribution in [0.1, 0.15) is 56.2 Å². The van der Waals surface area contributed by atoms with E-state index < -0.39 is 0 Å². The fourth-order valence-corrected chi connectivity index (χ4v) is 2.53. The first kappa shape index (κ1) is 9.70. The summed E-state index contributed by atoms with van der Waals surface area (Å²) in [4.78, 5) is 4.47. The lowest BCUT2D eigenvalue weighted by atomic mass is 9.83. The van der Waals surface area contributed by atoms with E-state index in [0.717, 1.165) is 12.3 Å². The highest BCUT2D eigenvalue weighted by molar-refractivity contribution is 5.24. The first-order valence-electron chi connectivity index (χ1n) is 5.85. The fraction of sp³-hybridized carbons (Fsp3) is 0.615. The summed E-state index contributed by atoms with van der Waals surface area (Å²) in [6.07, 6.45) is 9.98. The maximum atomic E-state index is 4.47. The average molecular weight is 189 g/mol. The number of hydrogen-bond acceptors (Lipinski definition) is 1. The van der Waals surface area contributed by atoms with Crippen LogP contribution in [0.15, 0.2) is 18.3 Å². The zero-order chi connectivity index (χ0) is 9.80. The van der Waals surface area contributed by atoms with Crippen LogP contribution < -0.4 is 0 Å². The van der Waals surface area contributed by atoms with Crippen LogP contribution in [0.4, 0.5) is 0 Å². The molecular formula is C13H19N. The SMILES string of the molecule is CCc1ncccc1C1CCCCC1. The molecule has 1 saturated carbocycles. The van der Waals surface area contributed by atoms with Gasteiger partial charge in [-0.15, -0.1) is 0 Å². The van der Waals surface area contributed by atoms with Crippen LogP contribution in [-0.2, 0) is 6.42 Å². The molecule has 0 aromatic carbocycles. The van der Waals surface area contributed by atoms with Crippen LogP contribution in [0.25, 0.3) is 0 Å². The molecular weight excluding hydrogens is 170 g/mol. The molecule has 1 heteroatoms. The van der Waals surface area contributed by atoms with Crippen LogP contribution in [0.3, 0.4) is 0 Å². The Balaban J connectivity index is 2.20. The lowest BCUT2D eigenvalue weighted by molar-refractivity contribution is 0.440. The van der Waals surface area contributed by atoms with E-state index in [2.05, 4.69) is 24.0 Å². The minimum atomic E-state index is 0.799. The molecule has 0 unspecified atom stereocenters. The molecule has 1 aliphatic rings. The molecule has 1 nitrogen and oxygen atoms in total. The van der Waals surface area contributed by atoms with E-state index >= 15 is 0 Å². The van der Waals surface area contributed by atoms with Gasteiger partial charge in [0.2, 0.25) is 0 Å². The van der Waals surface area contributed by atoms with Gasteiger partial charge in [-0.1, -0.05) is 32.3 Å². The minimum Gasteiger partial charge on any atom is -0.261 e. The molecule has 0 N–H and O–H groups in total. The van der Waals surface area contributed by atoms with Crippen molar-refractivity contribution in [3.63, 3.8) is 0 Å². The maximum Gasteiger partial charge on any atom is 0.0435 e. The van der Waals surface area contributed by atoms with Gasteiger partial charge in [-0.05, 0) is 36.8 Å². The van der Waals surface area contributed by atoms with Gasteiger partial charge in [0.1, 0.15) is 0 Å². The van der Waals surface area contributed by atoms with Crippen molar-refractivity contribution in [3.8, 4) is 0 Å². The lowest BCUT2D eigenvalue weighted by Crippen LogP contribution is -2.08. The first-order chi connectivity index (χ1) is 6.92. The molecule has 0 aliphatic heterocycles. The van der Waals surface area contributed by atoms with Crippen LogP contribution in [0.5, 0.6) is 0 Å². The van der Waals surface area contributed by atoms with Crippen molar-refractivity contribution in [3.05, 3.63) is 29.6 Å². The summed E-state index contributed by atoms with van der Waals surface area (Å²) in [5.74, 6) is 0.799. The van der Waals surface area contributed by atoms with Crippen LogP contribution in [0, 0.1) is 0 Å². The number of aryl methyl sites for hydroxylation is 1.